The molecule has 3 rings (SSSR count). The van der Waals surface area contributed by atoms with E-state index in [1.54, 1.807) is 11.8 Å². The highest BCUT2D eigenvalue weighted by molar-refractivity contribution is 8.01. The van der Waals surface area contributed by atoms with Crippen LogP contribution < -0.4 is 16.0 Å². The second-order valence-electron chi connectivity index (χ2n) is 7.83. The van der Waals surface area contributed by atoms with Gasteiger partial charge in [0.15, 0.2) is 4.99 Å². The normalized spacial score (nSPS) is 18.3. The molecular weight excluding hydrogens is 350 g/mol. The summed E-state index contributed by atoms with van der Waals surface area (Å²) >= 11 is 1.77. The summed E-state index contributed by atoms with van der Waals surface area (Å²) in [6.45, 7) is 15.3. The SMILES string of the molecule is CCCN(CCC)c1c(C)ccc2c1SC(N)(c1c(C)cc(C)cc1C)N2. The Balaban J connectivity index is 2.08. The van der Waals surface area contributed by atoms with E-state index in [2.05, 4.69) is 76.0 Å². The van der Waals surface area contributed by atoms with Gasteiger partial charge in [-0.15, -0.1) is 0 Å². The Hall–Kier alpha value is -1.65. The lowest BCUT2D eigenvalue weighted by Crippen LogP contribution is -2.39. The van der Waals surface area contributed by atoms with Gasteiger partial charge < -0.3 is 10.2 Å². The molecule has 1 heterocycles. The second kappa shape index (κ2) is 7.76. The molecule has 3 N–H and O–H groups in total. The molecule has 0 fully saturated rings. The van der Waals surface area contributed by atoms with Gasteiger partial charge in [-0.05, 0) is 63.3 Å². The molecule has 0 saturated heterocycles. The molecule has 0 radical (unpaired) electrons. The molecule has 1 unspecified atom stereocenters. The number of nitrogens with one attached hydrogen (secondary N) is 1. The Labute approximate surface area is 168 Å². The number of benzene rings is 2. The van der Waals surface area contributed by atoms with Gasteiger partial charge in [0.25, 0.3) is 0 Å². The molecule has 1 aliphatic rings. The van der Waals surface area contributed by atoms with Crippen LogP contribution in [0.5, 0.6) is 0 Å². The van der Waals surface area contributed by atoms with E-state index in [9.17, 15) is 0 Å². The second-order valence-corrected chi connectivity index (χ2v) is 9.09. The van der Waals surface area contributed by atoms with E-state index in [0.717, 1.165) is 31.6 Å². The van der Waals surface area contributed by atoms with Crippen molar-refractivity contribution < 1.29 is 0 Å². The molecule has 4 heteroatoms. The number of aryl methyl sites for hydroxylation is 4. The average molecular weight is 384 g/mol. The Kier molecular flexibility index (Phi) is 5.78. The third-order valence-electron chi connectivity index (χ3n) is 5.27. The predicted molar refractivity (Wildman–Crippen MR) is 120 cm³/mol. The van der Waals surface area contributed by atoms with E-state index in [-0.39, 0.29) is 0 Å². The molecule has 27 heavy (non-hydrogen) atoms. The molecule has 0 saturated carbocycles. The van der Waals surface area contributed by atoms with E-state index in [0.29, 0.717) is 0 Å². The van der Waals surface area contributed by atoms with Crippen molar-refractivity contribution in [2.45, 2.75) is 64.3 Å². The van der Waals surface area contributed by atoms with Gasteiger partial charge in [0.05, 0.1) is 16.3 Å². The lowest BCUT2D eigenvalue weighted by Gasteiger charge is -2.29. The number of anilines is 2. The molecule has 0 aromatic heterocycles. The fraction of sp³-hybridized carbons (Fsp3) is 0.478. The number of fused-ring (bicyclic) bond motifs is 1. The van der Waals surface area contributed by atoms with Crippen LogP contribution in [-0.2, 0) is 4.99 Å². The van der Waals surface area contributed by atoms with Crippen LogP contribution in [0.4, 0.5) is 11.4 Å². The quantitative estimate of drug-likeness (QED) is 0.658. The maximum atomic E-state index is 6.98. The minimum atomic E-state index is -0.628. The van der Waals surface area contributed by atoms with Gasteiger partial charge in [-0.1, -0.05) is 49.4 Å². The maximum absolute atomic E-state index is 6.98. The van der Waals surface area contributed by atoms with Gasteiger partial charge in [-0.2, -0.15) is 0 Å². The molecule has 0 spiro atoms. The molecule has 2 aromatic carbocycles. The highest BCUT2D eigenvalue weighted by Gasteiger charge is 2.40. The fourth-order valence-electron chi connectivity index (χ4n) is 4.41. The zero-order valence-corrected chi connectivity index (χ0v) is 18.4. The first-order valence-corrected chi connectivity index (χ1v) is 10.8. The summed E-state index contributed by atoms with van der Waals surface area (Å²) in [4.78, 5) is 3.19. The monoisotopic (exact) mass is 383 g/mol. The Morgan fingerprint density at radius 2 is 1.56 bits per heavy atom. The molecule has 0 aliphatic carbocycles. The Morgan fingerprint density at radius 3 is 2.11 bits per heavy atom. The first-order chi connectivity index (χ1) is 12.8. The van der Waals surface area contributed by atoms with Crippen LogP contribution in [0.15, 0.2) is 29.2 Å². The van der Waals surface area contributed by atoms with Crippen molar-refractivity contribution in [2.24, 2.45) is 5.73 Å². The van der Waals surface area contributed by atoms with Crippen LogP contribution in [0, 0.1) is 27.7 Å². The van der Waals surface area contributed by atoms with Crippen molar-refractivity contribution in [2.75, 3.05) is 23.3 Å². The van der Waals surface area contributed by atoms with Crippen LogP contribution >= 0.6 is 11.8 Å². The van der Waals surface area contributed by atoms with Crippen molar-refractivity contribution in [3.05, 3.63) is 52.1 Å². The van der Waals surface area contributed by atoms with Crippen molar-refractivity contribution in [3.63, 3.8) is 0 Å². The van der Waals surface area contributed by atoms with Gasteiger partial charge in [-0.3, -0.25) is 5.73 Å². The van der Waals surface area contributed by atoms with Crippen LogP contribution in [-0.4, -0.2) is 13.1 Å². The Bertz CT molecular complexity index is 817. The molecule has 1 aliphatic heterocycles. The summed E-state index contributed by atoms with van der Waals surface area (Å²) in [6.07, 6.45) is 2.29. The lowest BCUT2D eigenvalue weighted by molar-refractivity contribution is 0.737. The summed E-state index contributed by atoms with van der Waals surface area (Å²) < 4.78 is 0. The zero-order valence-electron chi connectivity index (χ0n) is 17.6. The van der Waals surface area contributed by atoms with Crippen LogP contribution in [0.3, 0.4) is 0 Å². The molecule has 0 bridgehead atoms. The van der Waals surface area contributed by atoms with E-state index in [1.165, 1.54) is 38.4 Å². The van der Waals surface area contributed by atoms with Crippen molar-refractivity contribution in [3.8, 4) is 0 Å². The van der Waals surface area contributed by atoms with Gasteiger partial charge in [0, 0.05) is 18.7 Å². The summed E-state index contributed by atoms with van der Waals surface area (Å²) in [7, 11) is 0. The molecule has 1 atom stereocenters. The van der Waals surface area contributed by atoms with Crippen LogP contribution in [0.25, 0.3) is 0 Å². The van der Waals surface area contributed by atoms with E-state index in [1.807, 2.05) is 0 Å². The predicted octanol–water partition coefficient (Wildman–Crippen LogP) is 5.83. The van der Waals surface area contributed by atoms with Gasteiger partial charge in [0.1, 0.15) is 0 Å². The standard InChI is InChI=1S/C23H33N3S/c1-7-11-26(12-8-2)21-16(4)9-10-19-22(21)27-23(24,25-19)20-17(5)13-15(3)14-18(20)6/h9-10,13-14,25H,7-8,11-12,24H2,1-6H3. The highest BCUT2D eigenvalue weighted by Crippen LogP contribution is 2.54. The molecule has 3 nitrogen and oxygen atoms in total. The largest absolute Gasteiger partial charge is 0.370 e. The van der Waals surface area contributed by atoms with E-state index in [4.69, 9.17) is 5.73 Å². The van der Waals surface area contributed by atoms with Gasteiger partial charge >= 0.3 is 0 Å². The summed E-state index contributed by atoms with van der Waals surface area (Å²) in [5.74, 6) is 0. The lowest BCUT2D eigenvalue weighted by atomic mass is 9.97. The van der Waals surface area contributed by atoms with Crippen molar-refractivity contribution in [1.29, 1.82) is 0 Å². The Morgan fingerprint density at radius 1 is 0.963 bits per heavy atom. The summed E-state index contributed by atoms with van der Waals surface area (Å²) in [6, 6.07) is 8.87. The van der Waals surface area contributed by atoms with Crippen LogP contribution in [0.2, 0.25) is 0 Å². The number of nitrogens with two attached hydrogens (primary N) is 1. The van der Waals surface area contributed by atoms with Crippen LogP contribution in [0.1, 0.15) is 54.5 Å². The highest BCUT2D eigenvalue weighted by atomic mass is 32.2. The topological polar surface area (TPSA) is 41.3 Å². The van der Waals surface area contributed by atoms with E-state index < -0.39 is 4.99 Å². The minimum Gasteiger partial charge on any atom is -0.370 e. The van der Waals surface area contributed by atoms with E-state index >= 15 is 0 Å². The number of hydrogen-bond acceptors (Lipinski definition) is 4. The number of rotatable bonds is 6. The smallest absolute Gasteiger partial charge is 0.166 e. The molecule has 146 valence electrons. The molecule has 0 amide bonds. The zero-order chi connectivity index (χ0) is 19.8. The first-order valence-electron chi connectivity index (χ1n) is 10.0. The average Bonchev–Trinajstić information content (AvgIpc) is 2.90. The third kappa shape index (κ3) is 3.70. The molecular formula is C23H33N3S. The maximum Gasteiger partial charge on any atom is 0.166 e. The number of thioether (sulfide) groups is 1. The van der Waals surface area contributed by atoms with Crippen molar-refractivity contribution in [1.82, 2.24) is 0 Å². The number of nitrogens with zero attached hydrogens (tertiary/aromatic N) is 1. The van der Waals surface area contributed by atoms with Gasteiger partial charge in [0.2, 0.25) is 0 Å². The van der Waals surface area contributed by atoms with Gasteiger partial charge in [-0.25, -0.2) is 0 Å². The number of hydrogen-bond donors (Lipinski definition) is 2. The van der Waals surface area contributed by atoms with Crippen molar-refractivity contribution >= 4 is 23.1 Å². The summed E-state index contributed by atoms with van der Waals surface area (Å²) in [5, 5.41) is 3.65. The third-order valence-corrected chi connectivity index (χ3v) is 6.51. The first kappa shape index (κ1) is 20.1. The fourth-order valence-corrected chi connectivity index (χ4v) is 5.93. The minimum absolute atomic E-state index is 0.628. The molecule has 2 aromatic rings. The summed E-state index contributed by atoms with van der Waals surface area (Å²) in [5.41, 5.74) is 15.8.